The quantitative estimate of drug-likeness (QED) is 0.302. The molecule has 11 heteroatoms. The second kappa shape index (κ2) is 12.0. The van der Waals surface area contributed by atoms with Gasteiger partial charge in [-0.25, -0.2) is 4.79 Å². The Morgan fingerprint density at radius 1 is 1.06 bits per heavy atom. The van der Waals surface area contributed by atoms with Crippen LogP contribution in [0.4, 0.5) is 5.69 Å². The van der Waals surface area contributed by atoms with E-state index in [1.165, 1.54) is 0 Å². The highest BCUT2D eigenvalue weighted by Gasteiger charge is 2.91. The summed E-state index contributed by atoms with van der Waals surface area (Å²) < 4.78 is 31.4. The van der Waals surface area contributed by atoms with Gasteiger partial charge in [0.1, 0.15) is 11.2 Å². The van der Waals surface area contributed by atoms with Crippen LogP contribution in [-0.4, -0.2) is 117 Å². The van der Waals surface area contributed by atoms with Crippen LogP contribution in [0.25, 0.3) is 0 Å². The normalized spacial score (nSPS) is 45.9. The Kier molecular flexibility index (Phi) is 8.58. The molecule has 1 saturated heterocycles. The van der Waals surface area contributed by atoms with Crippen molar-refractivity contribution in [1.29, 1.82) is 0 Å². The molecule has 0 radical (unpaired) electrons. The van der Waals surface area contributed by atoms with Crippen molar-refractivity contribution >= 4 is 17.6 Å². The van der Waals surface area contributed by atoms with Crippen molar-refractivity contribution in [2.75, 3.05) is 53.5 Å². The summed E-state index contributed by atoms with van der Waals surface area (Å²) in [5.41, 5.74) is -3.66. The number of aliphatic hydroxyl groups is 2. The number of amides is 1. The Bertz CT molecular complexity index is 1430. The standard InChI is InChI=1S/C37H54N2O9/c1-8-20(3)31(40)38-24-13-11-10-12-21(24)32(41)48-19-34-15-14-26(45-5)36-23-16-22-25(44-4)17-35(42,27(23)28(22)46-6)37(43,30(47-7)29(34)36)33(36)39(9-2)18-34/h10-13,20,22-23,25-30,33,42-43H,8-9,14-19H2,1-7H3,(H,38,40)/t20-,22+,23+,25-,26-,27+,28-,29+,30-,33-,34-,35+,36-,37+/m0/s1. The lowest BCUT2D eigenvalue weighted by Crippen LogP contribution is -2.82. The van der Waals surface area contributed by atoms with Gasteiger partial charge in [-0.3, -0.25) is 9.69 Å². The molecule has 3 N–H and O–H groups in total. The Labute approximate surface area is 283 Å². The van der Waals surface area contributed by atoms with Crippen molar-refractivity contribution in [3.8, 4) is 0 Å². The molecule has 5 saturated carbocycles. The molecule has 1 aromatic carbocycles. The molecule has 14 atom stereocenters. The van der Waals surface area contributed by atoms with Crippen LogP contribution in [-0.2, 0) is 28.5 Å². The predicted molar refractivity (Wildman–Crippen MR) is 176 cm³/mol. The van der Waals surface area contributed by atoms with Crippen LogP contribution in [0.3, 0.4) is 0 Å². The SMILES string of the molecule is CC[C@H](C)C(=O)Nc1ccccc1C(=O)OC[C@@]12CC[C@H](OC)[C@@]34[C@@H]5C[C@H]6[C@H](OC)[C@@H]5[C@](O)(C[C@@H]6OC)[C@@](O)([C@@H](OC)[C@H]13)[C@H]4N(CC)C2. The van der Waals surface area contributed by atoms with Crippen LogP contribution in [0.15, 0.2) is 24.3 Å². The summed E-state index contributed by atoms with van der Waals surface area (Å²) in [6, 6.07) is 6.53. The number of carbonyl (C=O) groups excluding carboxylic acids is 2. The summed E-state index contributed by atoms with van der Waals surface area (Å²) in [5.74, 6) is -1.43. The van der Waals surface area contributed by atoms with E-state index in [0.717, 1.165) is 12.8 Å². The fraction of sp³-hybridized carbons (Fsp3) is 0.784. The van der Waals surface area contributed by atoms with Gasteiger partial charge >= 0.3 is 5.97 Å². The van der Waals surface area contributed by atoms with Gasteiger partial charge in [-0.05, 0) is 50.3 Å². The lowest BCUT2D eigenvalue weighted by Gasteiger charge is -2.70. The molecule has 6 aliphatic rings. The number of nitrogens with one attached hydrogen (secondary N) is 1. The molecule has 1 aliphatic heterocycles. The van der Waals surface area contributed by atoms with E-state index in [9.17, 15) is 19.8 Å². The Morgan fingerprint density at radius 2 is 1.81 bits per heavy atom. The summed E-state index contributed by atoms with van der Waals surface area (Å²) in [6.07, 6.45) is 1.66. The van der Waals surface area contributed by atoms with E-state index in [0.29, 0.717) is 43.6 Å². The fourth-order valence-electron chi connectivity index (χ4n) is 12.5. The van der Waals surface area contributed by atoms with Gasteiger partial charge in [-0.1, -0.05) is 32.9 Å². The number of fused-ring (bicyclic) bond motifs is 2. The minimum absolute atomic E-state index is 0.0424. The van der Waals surface area contributed by atoms with E-state index >= 15 is 0 Å². The number of nitrogens with zero attached hydrogens (tertiary/aromatic N) is 1. The minimum Gasteiger partial charge on any atom is -0.461 e. The topological polar surface area (TPSA) is 136 Å². The lowest BCUT2D eigenvalue weighted by molar-refractivity contribution is -0.320. The average Bonchev–Trinajstić information content (AvgIpc) is 3.51. The van der Waals surface area contributed by atoms with Crippen LogP contribution in [0.1, 0.15) is 63.2 Å². The summed E-state index contributed by atoms with van der Waals surface area (Å²) >= 11 is 0. The molecule has 7 rings (SSSR count). The number of ether oxygens (including phenoxy) is 5. The summed E-state index contributed by atoms with van der Waals surface area (Å²) in [7, 11) is 6.77. The van der Waals surface area contributed by atoms with Crippen molar-refractivity contribution in [2.24, 2.45) is 40.4 Å². The Hall–Kier alpha value is -2.12. The van der Waals surface area contributed by atoms with Gasteiger partial charge in [0.25, 0.3) is 0 Å². The molecule has 1 aromatic rings. The monoisotopic (exact) mass is 670 g/mol. The van der Waals surface area contributed by atoms with Crippen LogP contribution in [0, 0.1) is 40.4 Å². The van der Waals surface area contributed by atoms with Crippen LogP contribution < -0.4 is 5.32 Å². The Balaban J connectivity index is 1.32. The van der Waals surface area contributed by atoms with Crippen LogP contribution >= 0.6 is 0 Å². The summed E-state index contributed by atoms with van der Waals surface area (Å²) in [4.78, 5) is 29.0. The molecule has 266 valence electrons. The first-order valence-corrected chi connectivity index (χ1v) is 17.9. The molecule has 1 heterocycles. The predicted octanol–water partition coefficient (Wildman–Crippen LogP) is 3.12. The first-order chi connectivity index (χ1) is 23.0. The molecular weight excluding hydrogens is 616 g/mol. The highest BCUT2D eigenvalue weighted by molar-refractivity contribution is 6.01. The average molecular weight is 671 g/mol. The Morgan fingerprint density at radius 3 is 2.46 bits per heavy atom. The maximum absolute atomic E-state index is 13.9. The smallest absolute Gasteiger partial charge is 0.340 e. The second-order valence-corrected chi connectivity index (χ2v) is 15.6. The summed E-state index contributed by atoms with van der Waals surface area (Å²) in [5, 5.41) is 29.5. The third-order valence-electron chi connectivity index (χ3n) is 14.3. The molecule has 48 heavy (non-hydrogen) atoms. The number of likely N-dealkylation sites (tertiary alicyclic amines) is 1. The molecule has 1 spiro atoms. The minimum atomic E-state index is -1.66. The van der Waals surface area contributed by atoms with Crippen molar-refractivity contribution in [3.63, 3.8) is 0 Å². The lowest BCUT2D eigenvalue weighted by atomic mass is 9.42. The molecule has 11 nitrogen and oxygen atoms in total. The molecular formula is C37H54N2O9. The number of methoxy groups -OCH3 is 4. The maximum Gasteiger partial charge on any atom is 0.340 e. The van der Waals surface area contributed by atoms with E-state index in [-0.39, 0.29) is 60.4 Å². The molecule has 1 amide bonds. The van der Waals surface area contributed by atoms with E-state index < -0.39 is 40.1 Å². The van der Waals surface area contributed by atoms with Crippen molar-refractivity contribution in [3.05, 3.63) is 29.8 Å². The molecule has 5 aliphatic carbocycles. The number of likely N-dealkylation sites (N-methyl/N-ethyl adjacent to an activating group) is 1. The third-order valence-corrected chi connectivity index (χ3v) is 14.3. The number of hydrogen-bond donors (Lipinski definition) is 3. The number of esters is 1. The first kappa shape index (κ1) is 34.3. The molecule has 0 aromatic heterocycles. The highest BCUT2D eigenvalue weighted by atomic mass is 16.5. The largest absolute Gasteiger partial charge is 0.461 e. The zero-order chi connectivity index (χ0) is 34.4. The van der Waals surface area contributed by atoms with E-state index in [4.69, 9.17) is 23.7 Å². The van der Waals surface area contributed by atoms with Crippen molar-refractivity contribution in [2.45, 2.75) is 94.5 Å². The van der Waals surface area contributed by atoms with Gasteiger partial charge < -0.3 is 39.2 Å². The van der Waals surface area contributed by atoms with Gasteiger partial charge in [0.15, 0.2) is 0 Å². The number of benzene rings is 1. The van der Waals surface area contributed by atoms with Crippen LogP contribution in [0.5, 0.6) is 0 Å². The number of anilines is 1. The number of carbonyl (C=O) groups is 2. The molecule has 0 unspecified atom stereocenters. The zero-order valence-electron chi connectivity index (χ0n) is 29.4. The number of para-hydroxylation sites is 1. The molecule has 7 bridgehead atoms. The van der Waals surface area contributed by atoms with Gasteiger partial charge in [-0.2, -0.15) is 0 Å². The van der Waals surface area contributed by atoms with Gasteiger partial charge in [0.05, 0.1) is 48.3 Å². The third kappa shape index (κ3) is 4.12. The van der Waals surface area contributed by atoms with Gasteiger partial charge in [0, 0.05) is 75.9 Å². The molecule has 6 fully saturated rings. The fourth-order valence-corrected chi connectivity index (χ4v) is 12.5. The summed E-state index contributed by atoms with van der Waals surface area (Å²) in [6.45, 7) is 7.22. The highest BCUT2D eigenvalue weighted by Crippen LogP contribution is 2.80. The second-order valence-electron chi connectivity index (χ2n) is 15.6. The van der Waals surface area contributed by atoms with E-state index in [1.807, 2.05) is 13.8 Å². The van der Waals surface area contributed by atoms with Crippen LogP contribution in [0.2, 0.25) is 0 Å². The van der Waals surface area contributed by atoms with Gasteiger partial charge in [0.2, 0.25) is 5.91 Å². The maximum atomic E-state index is 13.9. The first-order valence-electron chi connectivity index (χ1n) is 17.9. The number of hydrogen-bond acceptors (Lipinski definition) is 10. The van der Waals surface area contributed by atoms with E-state index in [1.54, 1.807) is 52.7 Å². The zero-order valence-corrected chi connectivity index (χ0v) is 29.4. The van der Waals surface area contributed by atoms with Crippen molar-refractivity contribution in [1.82, 2.24) is 4.90 Å². The van der Waals surface area contributed by atoms with E-state index in [2.05, 4.69) is 17.1 Å². The number of piperidine rings is 1. The number of rotatable bonds is 11. The van der Waals surface area contributed by atoms with Gasteiger partial charge in [-0.15, -0.1) is 0 Å². The van der Waals surface area contributed by atoms with Crippen molar-refractivity contribution < 1.29 is 43.5 Å².